The normalized spacial score (nSPS) is 10.6. The molecular formula is C20H23N2O2+. The second-order valence-corrected chi connectivity index (χ2v) is 5.79. The molecule has 3 rings (SSSR count). The molecule has 0 atom stereocenters. The van der Waals surface area contributed by atoms with Gasteiger partial charge in [0.1, 0.15) is 5.52 Å². The van der Waals surface area contributed by atoms with E-state index in [-0.39, 0.29) is 0 Å². The van der Waals surface area contributed by atoms with Crippen LogP contribution < -0.4 is 19.4 Å². The van der Waals surface area contributed by atoms with Gasteiger partial charge in [-0.2, -0.15) is 0 Å². The highest BCUT2D eigenvalue weighted by Crippen LogP contribution is 2.27. The Bertz CT molecular complexity index is 833. The zero-order valence-electron chi connectivity index (χ0n) is 14.4. The van der Waals surface area contributed by atoms with Crippen LogP contribution in [0, 0.1) is 0 Å². The first-order valence-corrected chi connectivity index (χ1v) is 8.04. The Labute approximate surface area is 142 Å². The number of ether oxygens (including phenoxy) is 2. The van der Waals surface area contributed by atoms with E-state index < -0.39 is 0 Å². The number of likely N-dealkylation sites (N-methyl/N-ethyl adjacent to an activating group) is 1. The van der Waals surface area contributed by atoms with Gasteiger partial charge in [-0.1, -0.05) is 24.3 Å². The molecule has 0 spiro atoms. The van der Waals surface area contributed by atoms with Crippen molar-refractivity contribution < 1.29 is 14.5 Å². The van der Waals surface area contributed by atoms with E-state index in [1.54, 1.807) is 14.2 Å². The largest absolute Gasteiger partial charge is 0.493 e. The smallest absolute Gasteiger partial charge is 0.274 e. The summed E-state index contributed by atoms with van der Waals surface area (Å²) in [5, 5.41) is 1.22. The van der Waals surface area contributed by atoms with Crippen LogP contribution in [0.25, 0.3) is 10.9 Å². The average molecular weight is 323 g/mol. The van der Waals surface area contributed by atoms with Crippen LogP contribution in [0.3, 0.4) is 0 Å². The fourth-order valence-electron chi connectivity index (χ4n) is 2.78. The highest BCUT2D eigenvalue weighted by atomic mass is 16.5. The number of aromatic amines is 1. The number of nitrogens with zero attached hydrogens (tertiary/aromatic N) is 1. The minimum Gasteiger partial charge on any atom is -0.493 e. The number of benzene rings is 2. The molecule has 24 heavy (non-hydrogen) atoms. The van der Waals surface area contributed by atoms with Gasteiger partial charge in [-0.15, -0.1) is 0 Å². The third kappa shape index (κ3) is 3.43. The number of aromatic nitrogens is 1. The lowest BCUT2D eigenvalue weighted by atomic mass is 10.1. The standard InChI is InChI=1S/C20H22N2O2/c1-22(20-11-9-16-6-4-5-7-17(16)21-20)13-12-15-8-10-18(23-2)19(14-15)24-3/h4-11,14H,12-13H2,1-3H3/p+1. The van der Waals surface area contributed by atoms with E-state index in [0.717, 1.165) is 35.8 Å². The van der Waals surface area contributed by atoms with Crippen molar-refractivity contribution in [3.8, 4) is 11.5 Å². The molecule has 4 heteroatoms. The lowest BCUT2D eigenvalue weighted by Gasteiger charge is -2.13. The maximum atomic E-state index is 5.37. The molecule has 1 aromatic heterocycles. The Morgan fingerprint density at radius 2 is 1.71 bits per heavy atom. The second kappa shape index (κ2) is 7.21. The number of para-hydroxylation sites is 1. The molecule has 0 amide bonds. The molecule has 0 fully saturated rings. The highest BCUT2D eigenvalue weighted by molar-refractivity contribution is 5.76. The van der Waals surface area contributed by atoms with Gasteiger partial charge in [-0.05, 0) is 29.8 Å². The number of rotatable bonds is 6. The van der Waals surface area contributed by atoms with Crippen LogP contribution in [-0.2, 0) is 6.42 Å². The summed E-state index contributed by atoms with van der Waals surface area (Å²) in [6.45, 7) is 0.907. The van der Waals surface area contributed by atoms with Crippen molar-refractivity contribution in [1.29, 1.82) is 0 Å². The number of fused-ring (bicyclic) bond motifs is 1. The van der Waals surface area contributed by atoms with Gasteiger partial charge in [0.05, 0.1) is 27.8 Å². The predicted molar refractivity (Wildman–Crippen MR) is 97.0 cm³/mol. The average Bonchev–Trinajstić information content (AvgIpc) is 2.65. The van der Waals surface area contributed by atoms with Crippen LogP contribution >= 0.6 is 0 Å². The number of methoxy groups -OCH3 is 2. The molecule has 1 N–H and O–H groups in total. The maximum Gasteiger partial charge on any atom is 0.274 e. The number of nitrogens with one attached hydrogen (secondary N) is 1. The van der Waals surface area contributed by atoms with Crippen molar-refractivity contribution in [1.82, 2.24) is 0 Å². The highest BCUT2D eigenvalue weighted by Gasteiger charge is 2.12. The van der Waals surface area contributed by atoms with Crippen molar-refractivity contribution in [3.05, 3.63) is 60.2 Å². The molecule has 0 aliphatic rings. The Morgan fingerprint density at radius 1 is 0.917 bits per heavy atom. The molecular weight excluding hydrogens is 300 g/mol. The lowest BCUT2D eigenvalue weighted by Crippen LogP contribution is -2.27. The fourth-order valence-corrected chi connectivity index (χ4v) is 2.78. The Hall–Kier alpha value is -2.75. The summed E-state index contributed by atoms with van der Waals surface area (Å²) >= 11 is 0. The van der Waals surface area contributed by atoms with Crippen molar-refractivity contribution in [2.45, 2.75) is 6.42 Å². The Morgan fingerprint density at radius 3 is 2.50 bits per heavy atom. The zero-order valence-corrected chi connectivity index (χ0v) is 14.4. The number of anilines is 1. The summed E-state index contributed by atoms with van der Waals surface area (Å²) < 4.78 is 10.7. The zero-order chi connectivity index (χ0) is 16.9. The van der Waals surface area contributed by atoms with Crippen LogP contribution in [0.5, 0.6) is 11.5 Å². The van der Waals surface area contributed by atoms with Crippen molar-refractivity contribution in [2.24, 2.45) is 0 Å². The summed E-state index contributed by atoms with van der Waals surface area (Å²) in [5.74, 6) is 2.64. The van der Waals surface area contributed by atoms with Crippen molar-refractivity contribution in [2.75, 3.05) is 32.7 Å². The first-order chi connectivity index (χ1) is 11.7. The first-order valence-electron chi connectivity index (χ1n) is 8.04. The van der Waals surface area contributed by atoms with Crippen LogP contribution in [0.4, 0.5) is 5.82 Å². The van der Waals surface area contributed by atoms with E-state index in [9.17, 15) is 0 Å². The summed E-state index contributed by atoms with van der Waals surface area (Å²) in [4.78, 5) is 5.71. The molecule has 0 saturated carbocycles. The molecule has 0 radical (unpaired) electrons. The lowest BCUT2D eigenvalue weighted by molar-refractivity contribution is -0.330. The van der Waals surface area contributed by atoms with Gasteiger partial charge in [-0.25, -0.2) is 4.98 Å². The summed E-state index contributed by atoms with van der Waals surface area (Å²) in [7, 11) is 5.42. The molecule has 3 aromatic rings. The van der Waals surface area contributed by atoms with E-state index in [1.165, 1.54) is 10.9 Å². The summed E-state index contributed by atoms with van der Waals surface area (Å²) in [6.07, 6.45) is 0.928. The van der Waals surface area contributed by atoms with Crippen molar-refractivity contribution in [3.63, 3.8) is 0 Å². The van der Waals surface area contributed by atoms with Crippen LogP contribution in [0.2, 0.25) is 0 Å². The monoisotopic (exact) mass is 323 g/mol. The van der Waals surface area contributed by atoms with Crippen LogP contribution in [-0.4, -0.2) is 27.8 Å². The van der Waals surface area contributed by atoms with Crippen LogP contribution in [0.15, 0.2) is 54.6 Å². The number of hydrogen-bond acceptors (Lipinski definition) is 3. The fraction of sp³-hybridized carbons (Fsp3) is 0.250. The topological polar surface area (TPSA) is 35.8 Å². The van der Waals surface area contributed by atoms with E-state index in [4.69, 9.17) is 9.47 Å². The molecule has 124 valence electrons. The van der Waals surface area contributed by atoms with Gasteiger partial charge in [-0.3, -0.25) is 4.90 Å². The first kappa shape index (κ1) is 16.1. The molecule has 0 aliphatic heterocycles. The Balaban J connectivity index is 1.71. The maximum absolute atomic E-state index is 5.37. The molecule has 0 aliphatic carbocycles. The third-order valence-corrected chi connectivity index (χ3v) is 4.24. The van der Waals surface area contributed by atoms with E-state index in [0.29, 0.717) is 0 Å². The molecule has 2 aromatic carbocycles. The van der Waals surface area contributed by atoms with Gasteiger partial charge in [0.25, 0.3) is 5.82 Å². The van der Waals surface area contributed by atoms with Gasteiger partial charge in [0.15, 0.2) is 11.5 Å². The number of hydrogen-bond donors (Lipinski definition) is 0. The Kier molecular flexibility index (Phi) is 4.85. The molecule has 0 saturated heterocycles. The number of pyridine rings is 1. The van der Waals surface area contributed by atoms with E-state index in [1.807, 2.05) is 18.2 Å². The summed E-state index contributed by atoms with van der Waals surface area (Å²) in [5.41, 5.74) is 2.37. The van der Waals surface area contributed by atoms with Crippen LogP contribution in [0.1, 0.15) is 5.56 Å². The minimum atomic E-state index is 0.762. The van der Waals surface area contributed by atoms with E-state index >= 15 is 0 Å². The van der Waals surface area contributed by atoms with Gasteiger partial charge >= 0.3 is 0 Å². The molecule has 0 unspecified atom stereocenters. The second-order valence-electron chi connectivity index (χ2n) is 5.79. The number of H-pyrrole nitrogens is 1. The SMILES string of the molecule is COc1ccc(CCN(C)c2ccc3ccccc3[nH+]2)cc1OC. The summed E-state index contributed by atoms with van der Waals surface area (Å²) in [6, 6.07) is 18.7. The quantitative estimate of drug-likeness (QED) is 0.698. The van der Waals surface area contributed by atoms with Gasteiger partial charge in [0.2, 0.25) is 0 Å². The van der Waals surface area contributed by atoms with E-state index in [2.05, 4.69) is 53.3 Å². The van der Waals surface area contributed by atoms with Gasteiger partial charge < -0.3 is 9.47 Å². The molecule has 4 nitrogen and oxygen atoms in total. The predicted octanol–water partition coefficient (Wildman–Crippen LogP) is 3.35. The molecule has 1 heterocycles. The van der Waals surface area contributed by atoms with Crippen molar-refractivity contribution >= 4 is 16.7 Å². The third-order valence-electron chi connectivity index (χ3n) is 4.24. The van der Waals surface area contributed by atoms with Gasteiger partial charge in [0, 0.05) is 17.9 Å². The molecule has 0 bridgehead atoms. The minimum absolute atomic E-state index is 0.762.